The SMILES string of the molecule is c1ccc(-c2nc(-c3ccccc3)nc(-c3cc4sc5ccc6c7ccccc7n7c8cc9ccccc9c9c%10ccccc%10n(c(c3)c4c5c67)c98)n2)cc1. The molecule has 55 heavy (non-hydrogen) atoms. The number of fused-ring (bicyclic) bond motifs is 10. The summed E-state index contributed by atoms with van der Waals surface area (Å²) in [4.78, 5) is 15.4. The molecule has 254 valence electrons. The molecule has 5 heterocycles. The van der Waals surface area contributed by atoms with Gasteiger partial charge >= 0.3 is 0 Å². The first kappa shape index (κ1) is 29.3. The first-order valence-electron chi connectivity index (χ1n) is 18.5. The van der Waals surface area contributed by atoms with Gasteiger partial charge in [0.25, 0.3) is 0 Å². The van der Waals surface area contributed by atoms with Crippen LogP contribution in [-0.2, 0) is 0 Å². The van der Waals surface area contributed by atoms with Crippen LogP contribution < -0.4 is 0 Å². The van der Waals surface area contributed by atoms with E-state index >= 15 is 0 Å². The van der Waals surface area contributed by atoms with Gasteiger partial charge in [0.15, 0.2) is 17.5 Å². The van der Waals surface area contributed by atoms with E-state index in [2.05, 4.69) is 136 Å². The Morgan fingerprint density at radius 1 is 0.345 bits per heavy atom. The Labute approximate surface area is 317 Å². The van der Waals surface area contributed by atoms with Gasteiger partial charge in [-0.05, 0) is 47.2 Å². The van der Waals surface area contributed by atoms with Gasteiger partial charge in [-0.2, -0.15) is 0 Å². The van der Waals surface area contributed by atoms with Gasteiger partial charge in [-0.3, -0.25) is 0 Å². The Hall–Kier alpha value is -7.15. The average molecular weight is 718 g/mol. The first-order chi connectivity index (χ1) is 27.3. The summed E-state index contributed by atoms with van der Waals surface area (Å²) in [6.07, 6.45) is 0. The third-order valence-electron chi connectivity index (χ3n) is 11.4. The van der Waals surface area contributed by atoms with Crippen LogP contribution in [0.25, 0.3) is 120 Å². The van der Waals surface area contributed by atoms with E-state index in [4.69, 9.17) is 15.0 Å². The van der Waals surface area contributed by atoms with Crippen molar-refractivity contribution in [3.8, 4) is 34.2 Å². The fourth-order valence-electron chi connectivity index (χ4n) is 9.15. The first-order valence-corrected chi connectivity index (χ1v) is 19.4. The smallest absolute Gasteiger partial charge is 0.164 e. The fraction of sp³-hybridized carbons (Fsp3) is 0. The Bertz CT molecular complexity index is 3650. The molecule has 13 rings (SSSR count). The zero-order chi connectivity index (χ0) is 35.8. The van der Waals surface area contributed by atoms with Gasteiger partial charge in [-0.15, -0.1) is 11.3 Å². The molecule has 0 aliphatic carbocycles. The van der Waals surface area contributed by atoms with Crippen LogP contribution in [0.15, 0.2) is 164 Å². The maximum Gasteiger partial charge on any atom is 0.164 e. The summed E-state index contributed by atoms with van der Waals surface area (Å²) >= 11 is 1.84. The van der Waals surface area contributed by atoms with Crippen molar-refractivity contribution in [2.24, 2.45) is 0 Å². The number of para-hydroxylation sites is 2. The fourth-order valence-corrected chi connectivity index (χ4v) is 10.3. The lowest BCUT2D eigenvalue weighted by molar-refractivity contribution is 1.07. The molecule has 0 bridgehead atoms. The zero-order valence-corrected chi connectivity index (χ0v) is 30.0. The third-order valence-corrected chi connectivity index (χ3v) is 12.5. The van der Waals surface area contributed by atoms with Crippen LogP contribution in [0.2, 0.25) is 0 Å². The second-order valence-electron chi connectivity index (χ2n) is 14.4. The van der Waals surface area contributed by atoms with Crippen molar-refractivity contribution in [2.75, 3.05) is 0 Å². The molecular formula is C49H27N5S. The van der Waals surface area contributed by atoms with E-state index in [9.17, 15) is 0 Å². The van der Waals surface area contributed by atoms with E-state index in [1.807, 2.05) is 47.7 Å². The highest BCUT2D eigenvalue weighted by molar-refractivity contribution is 7.26. The van der Waals surface area contributed by atoms with Gasteiger partial charge in [0.1, 0.15) is 0 Å². The normalized spacial score (nSPS) is 12.4. The van der Waals surface area contributed by atoms with Gasteiger partial charge in [-0.25, -0.2) is 15.0 Å². The van der Waals surface area contributed by atoms with Crippen molar-refractivity contribution in [2.45, 2.75) is 0 Å². The minimum Gasteiger partial charge on any atom is -0.306 e. The van der Waals surface area contributed by atoms with Crippen LogP contribution in [0, 0.1) is 0 Å². The highest BCUT2D eigenvalue weighted by Gasteiger charge is 2.25. The van der Waals surface area contributed by atoms with Gasteiger partial charge < -0.3 is 8.80 Å². The van der Waals surface area contributed by atoms with Gasteiger partial charge in [0.2, 0.25) is 0 Å². The van der Waals surface area contributed by atoms with E-state index in [1.165, 1.54) is 80.1 Å². The van der Waals surface area contributed by atoms with Crippen LogP contribution >= 0.6 is 11.3 Å². The predicted octanol–water partition coefficient (Wildman–Crippen LogP) is 12.9. The topological polar surface area (TPSA) is 47.5 Å². The molecule has 0 aliphatic rings. The zero-order valence-electron chi connectivity index (χ0n) is 29.2. The lowest BCUT2D eigenvalue weighted by Crippen LogP contribution is -2.00. The molecule has 8 aromatic carbocycles. The molecule has 6 heteroatoms. The summed E-state index contributed by atoms with van der Waals surface area (Å²) in [7, 11) is 0. The van der Waals surface area contributed by atoms with Crippen LogP contribution in [0.4, 0.5) is 0 Å². The Kier molecular flexibility index (Phi) is 5.71. The second-order valence-corrected chi connectivity index (χ2v) is 15.5. The van der Waals surface area contributed by atoms with E-state index in [0.717, 1.165) is 22.2 Å². The van der Waals surface area contributed by atoms with Crippen LogP contribution in [0.5, 0.6) is 0 Å². The van der Waals surface area contributed by atoms with Crippen LogP contribution in [0.1, 0.15) is 0 Å². The van der Waals surface area contributed by atoms with E-state index in [-0.39, 0.29) is 0 Å². The van der Waals surface area contributed by atoms with Gasteiger partial charge in [-0.1, -0.05) is 127 Å². The number of hydrogen-bond donors (Lipinski definition) is 0. The van der Waals surface area contributed by atoms with Crippen molar-refractivity contribution < 1.29 is 0 Å². The van der Waals surface area contributed by atoms with Crippen LogP contribution in [-0.4, -0.2) is 23.8 Å². The van der Waals surface area contributed by atoms with Gasteiger partial charge in [0.05, 0.1) is 33.1 Å². The molecule has 0 saturated carbocycles. The molecule has 0 unspecified atom stereocenters. The third kappa shape index (κ3) is 3.93. The summed E-state index contributed by atoms with van der Waals surface area (Å²) in [5.41, 5.74) is 10.0. The summed E-state index contributed by atoms with van der Waals surface area (Å²) < 4.78 is 7.53. The molecule has 0 radical (unpaired) electrons. The lowest BCUT2D eigenvalue weighted by atomic mass is 10.0. The maximum atomic E-state index is 5.21. The number of thiophene rings is 1. The van der Waals surface area contributed by atoms with Crippen LogP contribution in [0.3, 0.4) is 0 Å². The van der Waals surface area contributed by atoms with Crippen molar-refractivity contribution in [3.63, 3.8) is 0 Å². The number of benzene rings is 8. The lowest BCUT2D eigenvalue weighted by Gasteiger charge is -2.13. The predicted molar refractivity (Wildman–Crippen MR) is 230 cm³/mol. The summed E-state index contributed by atoms with van der Waals surface area (Å²) in [6, 6.07) is 58.7. The highest BCUT2D eigenvalue weighted by atomic mass is 32.1. The standard InChI is InChI=1S/C49H27N5S/c1-3-13-28(14-4-1)47-50-48(29-15-5-2-6-16-29)52-49(51-47)31-26-38-43-41(27-31)55-40-24-23-34-33-19-9-11-21-36(33)54(45(34)44(40)43)39-25-30-17-7-8-18-32(30)42-35-20-10-12-22-37(35)53(38)46(39)42/h1-27H. The average Bonchev–Trinajstić information content (AvgIpc) is 3.91. The molecule has 5 nitrogen and oxygen atoms in total. The monoisotopic (exact) mass is 717 g/mol. The largest absolute Gasteiger partial charge is 0.306 e. The van der Waals surface area contributed by atoms with Gasteiger partial charge in [0, 0.05) is 58.4 Å². The van der Waals surface area contributed by atoms with E-state index in [1.54, 1.807) is 0 Å². The Morgan fingerprint density at radius 2 is 0.927 bits per heavy atom. The molecule has 13 aromatic rings. The molecule has 5 aromatic heterocycles. The molecule has 0 N–H and O–H groups in total. The number of rotatable bonds is 3. The Balaban J connectivity index is 1.29. The van der Waals surface area contributed by atoms with Crippen molar-refractivity contribution in [3.05, 3.63) is 164 Å². The maximum absolute atomic E-state index is 5.21. The highest BCUT2D eigenvalue weighted by Crippen LogP contribution is 2.48. The van der Waals surface area contributed by atoms with Crippen molar-refractivity contribution in [1.29, 1.82) is 0 Å². The molecule has 0 saturated heterocycles. The molecular weight excluding hydrogens is 691 g/mol. The molecule has 0 atom stereocenters. The minimum atomic E-state index is 0.649. The number of nitrogens with zero attached hydrogens (tertiary/aromatic N) is 5. The number of aromatic nitrogens is 5. The van der Waals surface area contributed by atoms with Crippen molar-refractivity contribution >= 4 is 96.9 Å². The van der Waals surface area contributed by atoms with Crippen molar-refractivity contribution in [1.82, 2.24) is 23.8 Å². The molecule has 0 amide bonds. The second kappa shape index (κ2) is 10.7. The van der Waals surface area contributed by atoms with E-state index < -0.39 is 0 Å². The molecule has 0 fully saturated rings. The molecule has 0 aliphatic heterocycles. The minimum absolute atomic E-state index is 0.649. The summed E-state index contributed by atoms with van der Waals surface area (Å²) in [5, 5.41) is 10.0. The van der Waals surface area contributed by atoms with E-state index in [0.29, 0.717) is 17.5 Å². The quantitative estimate of drug-likeness (QED) is 0.183. The summed E-state index contributed by atoms with van der Waals surface area (Å²) in [5.74, 6) is 1.96. The Morgan fingerprint density at radius 3 is 1.65 bits per heavy atom. The summed E-state index contributed by atoms with van der Waals surface area (Å²) in [6.45, 7) is 0. The molecule has 0 spiro atoms. The number of hydrogen-bond acceptors (Lipinski definition) is 4.